The summed E-state index contributed by atoms with van der Waals surface area (Å²) in [6.07, 6.45) is 1.81. The van der Waals surface area contributed by atoms with Gasteiger partial charge in [0.1, 0.15) is 5.75 Å². The van der Waals surface area contributed by atoms with E-state index in [4.69, 9.17) is 16.3 Å². The van der Waals surface area contributed by atoms with Gasteiger partial charge in [0.05, 0.1) is 18.1 Å². The highest BCUT2D eigenvalue weighted by Gasteiger charge is 2.06. The summed E-state index contributed by atoms with van der Waals surface area (Å²) in [4.78, 5) is 15.7. The van der Waals surface area contributed by atoms with Crippen LogP contribution in [0.5, 0.6) is 5.75 Å². The number of aromatic nitrogens is 1. The van der Waals surface area contributed by atoms with Crippen LogP contribution in [0, 0.1) is 6.92 Å². The Hall–Kier alpha value is -2.07. The highest BCUT2D eigenvalue weighted by molar-refractivity contribution is 6.33. The van der Waals surface area contributed by atoms with Gasteiger partial charge in [0.15, 0.2) is 5.82 Å². The molecule has 2 rings (SSSR count). The van der Waals surface area contributed by atoms with Gasteiger partial charge in [-0.05, 0) is 36.8 Å². The third kappa shape index (κ3) is 4.24. The lowest BCUT2D eigenvalue weighted by Crippen LogP contribution is -2.16. The smallest absolute Gasteiger partial charge is 0.228 e. The largest absolute Gasteiger partial charge is 0.493 e. The number of aryl methyl sites for hydroxylation is 1. The lowest BCUT2D eigenvalue weighted by Gasteiger charge is -2.08. The van der Waals surface area contributed by atoms with Gasteiger partial charge in [-0.2, -0.15) is 0 Å². The molecule has 0 radical (unpaired) electrons. The minimum atomic E-state index is -0.182. The summed E-state index contributed by atoms with van der Waals surface area (Å²) >= 11 is 5.91. The van der Waals surface area contributed by atoms with Crippen LogP contribution in [0.1, 0.15) is 12.0 Å². The predicted molar refractivity (Wildman–Crippen MR) is 79.2 cm³/mol. The molecule has 0 saturated carbocycles. The molecular formula is C15H15ClN2O2. The second kappa shape index (κ2) is 6.91. The number of carbonyl (C=O) groups is 1. The fourth-order valence-electron chi connectivity index (χ4n) is 1.64. The zero-order valence-electron chi connectivity index (χ0n) is 11.1. The molecule has 104 valence electrons. The molecule has 0 aliphatic carbocycles. The number of pyridine rings is 1. The first-order valence-electron chi connectivity index (χ1n) is 6.25. The monoisotopic (exact) mass is 290 g/mol. The van der Waals surface area contributed by atoms with Crippen LogP contribution in [0.4, 0.5) is 5.82 Å². The Balaban J connectivity index is 1.80. The van der Waals surface area contributed by atoms with Gasteiger partial charge < -0.3 is 10.1 Å². The molecule has 0 spiro atoms. The van der Waals surface area contributed by atoms with E-state index in [0.717, 1.165) is 11.3 Å². The summed E-state index contributed by atoms with van der Waals surface area (Å²) in [6, 6.07) is 11.1. The number of benzene rings is 1. The van der Waals surface area contributed by atoms with E-state index >= 15 is 0 Å². The lowest BCUT2D eigenvalue weighted by molar-refractivity contribution is -0.116. The first kappa shape index (κ1) is 14.3. The van der Waals surface area contributed by atoms with Crippen molar-refractivity contribution < 1.29 is 9.53 Å². The number of carbonyl (C=O) groups excluding carboxylic acids is 1. The number of nitrogens with one attached hydrogen (secondary N) is 1. The van der Waals surface area contributed by atoms with E-state index in [1.165, 1.54) is 0 Å². The molecule has 1 amide bonds. The highest BCUT2D eigenvalue weighted by Crippen LogP contribution is 2.17. The highest BCUT2D eigenvalue weighted by atomic mass is 35.5. The van der Waals surface area contributed by atoms with Gasteiger partial charge in [-0.15, -0.1) is 0 Å². The van der Waals surface area contributed by atoms with Gasteiger partial charge in [0, 0.05) is 6.20 Å². The molecule has 1 aromatic heterocycles. The average Bonchev–Trinajstić information content (AvgIpc) is 2.41. The van der Waals surface area contributed by atoms with E-state index in [1.807, 2.05) is 31.2 Å². The van der Waals surface area contributed by atoms with Crippen LogP contribution in [0.25, 0.3) is 0 Å². The number of hydrogen-bond acceptors (Lipinski definition) is 3. The Morgan fingerprint density at radius 3 is 2.95 bits per heavy atom. The van der Waals surface area contributed by atoms with Crippen molar-refractivity contribution in [3.63, 3.8) is 0 Å². The molecule has 4 nitrogen and oxygen atoms in total. The van der Waals surface area contributed by atoms with Crippen molar-refractivity contribution in [1.82, 2.24) is 4.98 Å². The van der Waals surface area contributed by atoms with Crippen molar-refractivity contribution in [2.24, 2.45) is 0 Å². The van der Waals surface area contributed by atoms with E-state index in [9.17, 15) is 4.79 Å². The van der Waals surface area contributed by atoms with Crippen LogP contribution in [0.15, 0.2) is 42.6 Å². The van der Waals surface area contributed by atoms with Gasteiger partial charge in [-0.25, -0.2) is 4.98 Å². The molecule has 1 heterocycles. The van der Waals surface area contributed by atoms with Crippen LogP contribution in [-0.2, 0) is 4.79 Å². The maximum Gasteiger partial charge on any atom is 0.228 e. The summed E-state index contributed by atoms with van der Waals surface area (Å²) in [5.41, 5.74) is 1.12. The van der Waals surface area contributed by atoms with Crippen molar-refractivity contribution in [2.45, 2.75) is 13.3 Å². The van der Waals surface area contributed by atoms with Gasteiger partial charge in [-0.3, -0.25) is 4.79 Å². The summed E-state index contributed by atoms with van der Waals surface area (Å²) in [7, 11) is 0. The van der Waals surface area contributed by atoms with E-state index in [1.54, 1.807) is 18.3 Å². The molecule has 20 heavy (non-hydrogen) atoms. The van der Waals surface area contributed by atoms with Crippen LogP contribution in [0.2, 0.25) is 5.02 Å². The van der Waals surface area contributed by atoms with Gasteiger partial charge in [0.25, 0.3) is 0 Å². The molecule has 0 fully saturated rings. The van der Waals surface area contributed by atoms with Crippen molar-refractivity contribution >= 4 is 23.3 Å². The molecular weight excluding hydrogens is 276 g/mol. The predicted octanol–water partition coefficient (Wildman–Crippen LogP) is 3.45. The van der Waals surface area contributed by atoms with Crippen LogP contribution >= 0.6 is 11.6 Å². The molecule has 5 heteroatoms. The van der Waals surface area contributed by atoms with Crippen LogP contribution < -0.4 is 10.1 Å². The molecule has 2 aromatic rings. The number of amides is 1. The quantitative estimate of drug-likeness (QED) is 0.917. The minimum Gasteiger partial charge on any atom is -0.493 e. The standard InChI is InChI=1S/C15H15ClN2O2/c1-11-4-2-5-12(10-11)20-9-7-14(19)18-15-13(16)6-3-8-17-15/h2-6,8,10H,7,9H2,1H3,(H,17,18,19). The van der Waals surface area contributed by atoms with Crippen molar-refractivity contribution in [2.75, 3.05) is 11.9 Å². The fraction of sp³-hybridized carbons (Fsp3) is 0.200. The van der Waals surface area contributed by atoms with Crippen molar-refractivity contribution in [3.8, 4) is 5.75 Å². The summed E-state index contributed by atoms with van der Waals surface area (Å²) in [5.74, 6) is 0.946. The molecule has 1 aromatic carbocycles. The van der Waals surface area contributed by atoms with Crippen molar-refractivity contribution in [3.05, 3.63) is 53.2 Å². The molecule has 0 aliphatic heterocycles. The van der Waals surface area contributed by atoms with E-state index in [-0.39, 0.29) is 12.3 Å². The maximum absolute atomic E-state index is 11.7. The second-order valence-corrected chi connectivity index (χ2v) is 4.70. The topological polar surface area (TPSA) is 51.2 Å². The third-order valence-electron chi connectivity index (χ3n) is 2.60. The van der Waals surface area contributed by atoms with E-state index in [0.29, 0.717) is 17.4 Å². The fourth-order valence-corrected chi connectivity index (χ4v) is 1.81. The number of ether oxygens (including phenoxy) is 1. The molecule has 0 saturated heterocycles. The number of nitrogens with zero attached hydrogens (tertiary/aromatic N) is 1. The first-order valence-corrected chi connectivity index (χ1v) is 6.63. The van der Waals surface area contributed by atoms with Gasteiger partial charge in [0.2, 0.25) is 5.91 Å². The summed E-state index contributed by atoms with van der Waals surface area (Å²) in [5, 5.41) is 3.06. The summed E-state index contributed by atoms with van der Waals surface area (Å²) in [6.45, 7) is 2.29. The normalized spacial score (nSPS) is 10.1. The molecule has 0 bridgehead atoms. The minimum absolute atomic E-state index is 0.182. The zero-order chi connectivity index (χ0) is 14.4. The lowest BCUT2D eigenvalue weighted by atomic mass is 10.2. The number of anilines is 1. The summed E-state index contributed by atoms with van der Waals surface area (Å²) < 4.78 is 5.51. The first-order chi connectivity index (χ1) is 9.65. The Morgan fingerprint density at radius 1 is 1.35 bits per heavy atom. The Bertz CT molecular complexity index is 602. The Morgan fingerprint density at radius 2 is 2.20 bits per heavy atom. The zero-order valence-corrected chi connectivity index (χ0v) is 11.9. The maximum atomic E-state index is 11.7. The van der Waals surface area contributed by atoms with Gasteiger partial charge in [-0.1, -0.05) is 23.7 Å². The number of hydrogen-bond donors (Lipinski definition) is 1. The average molecular weight is 291 g/mol. The molecule has 0 unspecified atom stereocenters. The molecule has 0 aliphatic rings. The molecule has 0 atom stereocenters. The van der Waals surface area contributed by atoms with Crippen molar-refractivity contribution in [1.29, 1.82) is 0 Å². The third-order valence-corrected chi connectivity index (χ3v) is 2.91. The second-order valence-electron chi connectivity index (χ2n) is 4.30. The van der Waals surface area contributed by atoms with Crippen LogP contribution in [0.3, 0.4) is 0 Å². The number of halogens is 1. The van der Waals surface area contributed by atoms with Crippen LogP contribution in [-0.4, -0.2) is 17.5 Å². The van der Waals surface area contributed by atoms with Gasteiger partial charge >= 0.3 is 0 Å². The Labute approximate surface area is 122 Å². The Kier molecular flexibility index (Phi) is 4.96. The SMILES string of the molecule is Cc1cccc(OCCC(=O)Nc2ncccc2Cl)c1. The van der Waals surface area contributed by atoms with E-state index in [2.05, 4.69) is 10.3 Å². The van der Waals surface area contributed by atoms with E-state index < -0.39 is 0 Å². The number of rotatable bonds is 5. The molecule has 1 N–H and O–H groups in total.